The van der Waals surface area contributed by atoms with Crippen molar-refractivity contribution in [2.75, 3.05) is 31.6 Å². The van der Waals surface area contributed by atoms with Crippen LogP contribution < -0.4 is 5.32 Å². The van der Waals surface area contributed by atoms with Crippen LogP contribution >= 0.6 is 0 Å². The first-order chi connectivity index (χ1) is 12.6. The normalized spacial score (nSPS) is 14.1. The standard InChI is InChI=1S/C20H21FN2O3/c21-17-5-1-3-15(13-17)7-8-19(24)22-18-6-2-4-16(14-18)20(25)23-9-11-26-12-10-23/h1-6,13-14H,7-12H2,(H,22,24). The molecule has 0 saturated carbocycles. The predicted octanol–water partition coefficient (Wildman–Crippen LogP) is 2.87. The third kappa shape index (κ3) is 4.89. The molecule has 6 heteroatoms. The minimum Gasteiger partial charge on any atom is -0.378 e. The topological polar surface area (TPSA) is 58.6 Å². The molecule has 1 aliphatic rings. The van der Waals surface area contributed by atoms with Crippen LogP contribution in [0, 0.1) is 5.82 Å². The summed E-state index contributed by atoms with van der Waals surface area (Å²) in [5, 5.41) is 2.80. The second-order valence-electron chi connectivity index (χ2n) is 6.16. The fraction of sp³-hybridized carbons (Fsp3) is 0.300. The zero-order valence-corrected chi connectivity index (χ0v) is 14.4. The predicted molar refractivity (Wildman–Crippen MR) is 96.5 cm³/mol. The van der Waals surface area contributed by atoms with Crippen molar-refractivity contribution in [3.8, 4) is 0 Å². The highest BCUT2D eigenvalue weighted by Gasteiger charge is 2.18. The summed E-state index contributed by atoms with van der Waals surface area (Å²) in [6.07, 6.45) is 0.696. The highest BCUT2D eigenvalue weighted by Crippen LogP contribution is 2.15. The van der Waals surface area contributed by atoms with E-state index in [0.717, 1.165) is 5.56 Å². The number of amides is 2. The third-order valence-corrected chi connectivity index (χ3v) is 4.22. The zero-order valence-electron chi connectivity index (χ0n) is 14.4. The number of ether oxygens (including phenoxy) is 1. The molecule has 0 spiro atoms. The molecule has 2 aromatic rings. The van der Waals surface area contributed by atoms with E-state index in [1.807, 2.05) is 0 Å². The molecule has 1 aliphatic heterocycles. The molecule has 1 fully saturated rings. The maximum absolute atomic E-state index is 13.2. The van der Waals surface area contributed by atoms with Gasteiger partial charge in [0, 0.05) is 30.8 Å². The van der Waals surface area contributed by atoms with Gasteiger partial charge in [0.1, 0.15) is 5.82 Å². The summed E-state index contributed by atoms with van der Waals surface area (Å²) in [4.78, 5) is 26.4. The van der Waals surface area contributed by atoms with E-state index in [0.29, 0.717) is 44.0 Å². The molecule has 0 aromatic heterocycles. The summed E-state index contributed by atoms with van der Waals surface area (Å²) in [6, 6.07) is 13.1. The Labute approximate surface area is 151 Å². The van der Waals surface area contributed by atoms with Crippen molar-refractivity contribution >= 4 is 17.5 Å². The molecular formula is C20H21FN2O3. The Kier molecular flexibility index (Phi) is 5.96. The number of carbonyl (C=O) groups excluding carboxylic acids is 2. The Bertz CT molecular complexity index is 788. The van der Waals surface area contributed by atoms with E-state index in [4.69, 9.17) is 4.74 Å². The molecule has 1 saturated heterocycles. The molecule has 2 amide bonds. The van der Waals surface area contributed by atoms with Crippen LogP contribution in [0.25, 0.3) is 0 Å². The number of nitrogens with one attached hydrogen (secondary N) is 1. The summed E-state index contributed by atoms with van der Waals surface area (Å²) in [7, 11) is 0. The highest BCUT2D eigenvalue weighted by molar-refractivity contribution is 5.97. The van der Waals surface area contributed by atoms with E-state index >= 15 is 0 Å². The zero-order chi connectivity index (χ0) is 18.4. The Morgan fingerprint density at radius 2 is 1.85 bits per heavy atom. The Hall–Kier alpha value is -2.73. The fourth-order valence-electron chi connectivity index (χ4n) is 2.85. The van der Waals surface area contributed by atoms with Crippen LogP contribution in [0.3, 0.4) is 0 Å². The van der Waals surface area contributed by atoms with Gasteiger partial charge in [0.05, 0.1) is 13.2 Å². The quantitative estimate of drug-likeness (QED) is 0.896. The van der Waals surface area contributed by atoms with Crippen molar-refractivity contribution in [1.82, 2.24) is 4.90 Å². The molecule has 0 aliphatic carbocycles. The number of nitrogens with zero attached hydrogens (tertiary/aromatic N) is 1. The number of carbonyl (C=O) groups is 2. The van der Waals surface area contributed by atoms with Crippen LogP contribution in [0.1, 0.15) is 22.3 Å². The number of hydrogen-bond donors (Lipinski definition) is 1. The minimum absolute atomic E-state index is 0.0656. The fourth-order valence-corrected chi connectivity index (χ4v) is 2.85. The number of morpholine rings is 1. The van der Waals surface area contributed by atoms with Crippen molar-refractivity contribution < 1.29 is 18.7 Å². The van der Waals surface area contributed by atoms with Gasteiger partial charge in [0.2, 0.25) is 5.91 Å². The molecule has 0 radical (unpaired) electrons. The monoisotopic (exact) mass is 356 g/mol. The van der Waals surface area contributed by atoms with Gasteiger partial charge in [-0.15, -0.1) is 0 Å². The van der Waals surface area contributed by atoms with E-state index in [1.165, 1.54) is 12.1 Å². The lowest BCUT2D eigenvalue weighted by atomic mass is 10.1. The summed E-state index contributed by atoms with van der Waals surface area (Å²) >= 11 is 0. The molecular weight excluding hydrogens is 335 g/mol. The highest BCUT2D eigenvalue weighted by atomic mass is 19.1. The molecule has 0 bridgehead atoms. The number of benzene rings is 2. The van der Waals surface area contributed by atoms with Crippen LogP contribution in [-0.2, 0) is 16.0 Å². The first kappa shape index (κ1) is 18.1. The summed E-state index contributed by atoms with van der Waals surface area (Å²) in [5.41, 5.74) is 1.89. The number of hydrogen-bond acceptors (Lipinski definition) is 3. The van der Waals surface area contributed by atoms with Crippen molar-refractivity contribution in [1.29, 1.82) is 0 Å². The summed E-state index contributed by atoms with van der Waals surface area (Å²) in [5.74, 6) is -0.549. The van der Waals surface area contributed by atoms with Gasteiger partial charge in [-0.2, -0.15) is 0 Å². The van der Waals surface area contributed by atoms with Crippen LogP contribution in [0.5, 0.6) is 0 Å². The molecule has 2 aromatic carbocycles. The molecule has 0 unspecified atom stereocenters. The first-order valence-electron chi connectivity index (χ1n) is 8.63. The molecule has 0 atom stereocenters. The van der Waals surface area contributed by atoms with Gasteiger partial charge in [0.15, 0.2) is 0 Å². The smallest absolute Gasteiger partial charge is 0.254 e. The number of halogens is 1. The second-order valence-corrected chi connectivity index (χ2v) is 6.16. The van der Waals surface area contributed by atoms with Crippen molar-refractivity contribution in [2.24, 2.45) is 0 Å². The molecule has 136 valence electrons. The molecule has 1 N–H and O–H groups in total. The van der Waals surface area contributed by atoms with Gasteiger partial charge in [-0.05, 0) is 42.3 Å². The van der Waals surface area contributed by atoms with Crippen molar-refractivity contribution in [3.63, 3.8) is 0 Å². The van der Waals surface area contributed by atoms with Gasteiger partial charge < -0.3 is 15.0 Å². The maximum Gasteiger partial charge on any atom is 0.254 e. The van der Waals surface area contributed by atoms with Gasteiger partial charge >= 0.3 is 0 Å². The summed E-state index contributed by atoms with van der Waals surface area (Å²) < 4.78 is 18.4. The van der Waals surface area contributed by atoms with Crippen LogP contribution in [0.4, 0.5) is 10.1 Å². The molecule has 3 rings (SSSR count). The summed E-state index contributed by atoms with van der Waals surface area (Å²) in [6.45, 7) is 2.23. The second kappa shape index (κ2) is 8.58. The molecule has 26 heavy (non-hydrogen) atoms. The molecule has 5 nitrogen and oxygen atoms in total. The van der Waals surface area contributed by atoms with Gasteiger partial charge in [-0.3, -0.25) is 9.59 Å². The van der Waals surface area contributed by atoms with E-state index in [9.17, 15) is 14.0 Å². The van der Waals surface area contributed by atoms with Gasteiger partial charge in [-0.25, -0.2) is 4.39 Å². The van der Waals surface area contributed by atoms with E-state index < -0.39 is 0 Å². The first-order valence-corrected chi connectivity index (χ1v) is 8.63. The Balaban J connectivity index is 1.57. The third-order valence-electron chi connectivity index (χ3n) is 4.22. The van der Waals surface area contributed by atoms with Crippen LogP contribution in [-0.4, -0.2) is 43.0 Å². The Morgan fingerprint density at radius 3 is 2.62 bits per heavy atom. The van der Waals surface area contributed by atoms with Crippen LogP contribution in [0.2, 0.25) is 0 Å². The van der Waals surface area contributed by atoms with Crippen LogP contribution in [0.15, 0.2) is 48.5 Å². The van der Waals surface area contributed by atoms with E-state index in [1.54, 1.807) is 41.3 Å². The average Bonchev–Trinajstić information content (AvgIpc) is 2.67. The van der Waals surface area contributed by atoms with Crippen molar-refractivity contribution in [3.05, 3.63) is 65.5 Å². The van der Waals surface area contributed by atoms with Gasteiger partial charge in [0.25, 0.3) is 5.91 Å². The van der Waals surface area contributed by atoms with E-state index in [2.05, 4.69) is 5.32 Å². The SMILES string of the molecule is O=C(CCc1cccc(F)c1)Nc1cccc(C(=O)N2CCOCC2)c1. The lowest BCUT2D eigenvalue weighted by Crippen LogP contribution is -2.40. The van der Waals surface area contributed by atoms with E-state index in [-0.39, 0.29) is 24.1 Å². The lowest BCUT2D eigenvalue weighted by Gasteiger charge is -2.27. The van der Waals surface area contributed by atoms with Crippen molar-refractivity contribution in [2.45, 2.75) is 12.8 Å². The molecule has 1 heterocycles. The minimum atomic E-state index is -0.308. The maximum atomic E-state index is 13.2. The number of anilines is 1. The lowest BCUT2D eigenvalue weighted by molar-refractivity contribution is -0.116. The average molecular weight is 356 g/mol. The number of rotatable bonds is 5. The number of aryl methyl sites for hydroxylation is 1. The largest absolute Gasteiger partial charge is 0.378 e. The Morgan fingerprint density at radius 1 is 1.08 bits per heavy atom. The van der Waals surface area contributed by atoms with Gasteiger partial charge in [-0.1, -0.05) is 18.2 Å².